The molecule has 0 spiro atoms. The molecule has 23 heavy (non-hydrogen) atoms. The average Bonchev–Trinajstić information content (AvgIpc) is 2.54. The Labute approximate surface area is 135 Å². The molecule has 0 atom stereocenters. The fourth-order valence-corrected chi connectivity index (χ4v) is 2.06. The zero-order chi connectivity index (χ0) is 16.7. The van der Waals surface area contributed by atoms with Gasteiger partial charge in [0.1, 0.15) is 5.75 Å². The molecule has 2 amide bonds. The second kappa shape index (κ2) is 7.98. The zero-order valence-corrected chi connectivity index (χ0v) is 13.0. The maximum Gasteiger partial charge on any atom is 0.251 e. The predicted molar refractivity (Wildman–Crippen MR) is 88.6 cm³/mol. The Hall–Kier alpha value is -2.82. The molecule has 0 aliphatic rings. The Morgan fingerprint density at radius 1 is 1.09 bits per heavy atom. The maximum absolute atomic E-state index is 11.9. The topological polar surface area (TPSA) is 81.4 Å². The maximum atomic E-state index is 11.9. The number of aryl methyl sites for hydroxylation is 1. The minimum atomic E-state index is -0.509. The summed E-state index contributed by atoms with van der Waals surface area (Å²) >= 11 is 0. The van der Waals surface area contributed by atoms with E-state index in [1.807, 2.05) is 31.2 Å². The summed E-state index contributed by atoms with van der Waals surface area (Å²) in [6.45, 7) is 3.06. The van der Waals surface area contributed by atoms with Crippen LogP contribution < -0.4 is 15.8 Å². The number of ether oxygens (including phenoxy) is 1. The van der Waals surface area contributed by atoms with Crippen LogP contribution in [-0.4, -0.2) is 25.0 Å². The van der Waals surface area contributed by atoms with Crippen LogP contribution in [0.5, 0.6) is 5.75 Å². The summed E-state index contributed by atoms with van der Waals surface area (Å²) in [7, 11) is 0. The van der Waals surface area contributed by atoms with Crippen molar-refractivity contribution in [1.29, 1.82) is 0 Å². The molecule has 0 bridgehead atoms. The highest BCUT2D eigenvalue weighted by molar-refractivity contribution is 5.97. The van der Waals surface area contributed by atoms with E-state index in [0.29, 0.717) is 30.7 Å². The van der Waals surface area contributed by atoms with Gasteiger partial charge in [-0.1, -0.05) is 12.1 Å². The molecule has 0 heterocycles. The van der Waals surface area contributed by atoms with E-state index in [0.717, 1.165) is 11.3 Å². The minimum Gasteiger partial charge on any atom is -0.494 e. The van der Waals surface area contributed by atoms with Crippen molar-refractivity contribution in [2.75, 3.05) is 13.2 Å². The lowest BCUT2D eigenvalue weighted by Crippen LogP contribution is -2.25. The van der Waals surface area contributed by atoms with Gasteiger partial charge in [0.2, 0.25) is 5.91 Å². The van der Waals surface area contributed by atoms with Crippen molar-refractivity contribution in [1.82, 2.24) is 5.32 Å². The molecule has 2 aromatic carbocycles. The Bertz CT molecular complexity index is 681. The second-order valence-corrected chi connectivity index (χ2v) is 5.22. The van der Waals surface area contributed by atoms with Gasteiger partial charge in [-0.3, -0.25) is 9.59 Å². The third kappa shape index (κ3) is 5.14. The number of nitrogens with two attached hydrogens (primary N) is 1. The van der Waals surface area contributed by atoms with Crippen molar-refractivity contribution in [3.63, 3.8) is 0 Å². The Morgan fingerprint density at radius 3 is 2.43 bits per heavy atom. The van der Waals surface area contributed by atoms with Gasteiger partial charge in [-0.15, -0.1) is 0 Å². The summed E-state index contributed by atoms with van der Waals surface area (Å²) < 4.78 is 5.61. The summed E-state index contributed by atoms with van der Waals surface area (Å²) in [6, 6.07) is 14.1. The van der Waals surface area contributed by atoms with Gasteiger partial charge in [-0.2, -0.15) is 0 Å². The Morgan fingerprint density at radius 2 is 1.78 bits per heavy atom. The van der Waals surface area contributed by atoms with Crippen LogP contribution in [0.3, 0.4) is 0 Å². The number of primary amides is 1. The van der Waals surface area contributed by atoms with Gasteiger partial charge in [-0.25, -0.2) is 0 Å². The number of carbonyl (C=O) groups is 2. The normalized spacial score (nSPS) is 10.1. The SMILES string of the molecule is Cc1cccc(OCCCNC(=O)c2ccc(C(N)=O)cc2)c1. The summed E-state index contributed by atoms with van der Waals surface area (Å²) in [5.41, 5.74) is 7.18. The highest BCUT2D eigenvalue weighted by Crippen LogP contribution is 2.12. The van der Waals surface area contributed by atoms with Gasteiger partial charge in [0.15, 0.2) is 0 Å². The number of amides is 2. The summed E-state index contributed by atoms with van der Waals surface area (Å²) in [4.78, 5) is 22.9. The monoisotopic (exact) mass is 312 g/mol. The first-order valence-corrected chi connectivity index (χ1v) is 7.44. The van der Waals surface area contributed by atoms with Gasteiger partial charge in [0.25, 0.3) is 5.91 Å². The molecule has 5 nitrogen and oxygen atoms in total. The van der Waals surface area contributed by atoms with Crippen molar-refractivity contribution in [3.05, 3.63) is 65.2 Å². The lowest BCUT2D eigenvalue weighted by molar-refractivity contribution is 0.0948. The molecule has 0 saturated heterocycles. The van der Waals surface area contributed by atoms with Gasteiger partial charge < -0.3 is 15.8 Å². The van der Waals surface area contributed by atoms with E-state index in [-0.39, 0.29) is 5.91 Å². The van der Waals surface area contributed by atoms with Crippen LogP contribution in [0.4, 0.5) is 0 Å². The highest BCUT2D eigenvalue weighted by Gasteiger charge is 2.06. The van der Waals surface area contributed by atoms with Crippen LogP contribution in [0.2, 0.25) is 0 Å². The molecule has 0 fully saturated rings. The van der Waals surface area contributed by atoms with E-state index in [1.165, 1.54) is 12.1 Å². The molecule has 0 aliphatic heterocycles. The van der Waals surface area contributed by atoms with Gasteiger partial charge in [0, 0.05) is 17.7 Å². The van der Waals surface area contributed by atoms with E-state index in [2.05, 4.69) is 5.32 Å². The fourth-order valence-electron chi connectivity index (χ4n) is 2.06. The van der Waals surface area contributed by atoms with Crippen LogP contribution in [-0.2, 0) is 0 Å². The molecule has 0 aliphatic carbocycles. The predicted octanol–water partition coefficient (Wildman–Crippen LogP) is 2.29. The molecule has 5 heteroatoms. The first kappa shape index (κ1) is 16.5. The second-order valence-electron chi connectivity index (χ2n) is 5.22. The van der Waals surface area contributed by atoms with Crippen molar-refractivity contribution in [3.8, 4) is 5.75 Å². The van der Waals surface area contributed by atoms with E-state index in [4.69, 9.17) is 10.5 Å². The van der Waals surface area contributed by atoms with Crippen molar-refractivity contribution in [2.24, 2.45) is 5.73 Å². The quantitative estimate of drug-likeness (QED) is 0.770. The van der Waals surface area contributed by atoms with E-state index in [1.54, 1.807) is 12.1 Å². The third-order valence-corrected chi connectivity index (χ3v) is 3.30. The third-order valence-electron chi connectivity index (χ3n) is 3.30. The van der Waals surface area contributed by atoms with Crippen molar-refractivity contribution in [2.45, 2.75) is 13.3 Å². The zero-order valence-electron chi connectivity index (χ0n) is 13.0. The van der Waals surface area contributed by atoms with Crippen LogP contribution in [0.25, 0.3) is 0 Å². The Balaban J connectivity index is 1.71. The van der Waals surface area contributed by atoms with E-state index in [9.17, 15) is 9.59 Å². The van der Waals surface area contributed by atoms with Gasteiger partial charge in [-0.05, 0) is 55.3 Å². The first-order valence-electron chi connectivity index (χ1n) is 7.44. The average molecular weight is 312 g/mol. The fraction of sp³-hybridized carbons (Fsp3) is 0.222. The lowest BCUT2D eigenvalue weighted by atomic mass is 10.1. The Kier molecular flexibility index (Phi) is 5.74. The molecule has 3 N–H and O–H groups in total. The van der Waals surface area contributed by atoms with E-state index < -0.39 is 5.91 Å². The molecular weight excluding hydrogens is 292 g/mol. The molecular formula is C18H20N2O3. The van der Waals surface area contributed by atoms with Crippen LogP contribution in [0.15, 0.2) is 48.5 Å². The number of hydrogen-bond acceptors (Lipinski definition) is 3. The number of nitrogens with one attached hydrogen (secondary N) is 1. The van der Waals surface area contributed by atoms with Gasteiger partial charge in [0.05, 0.1) is 6.61 Å². The number of carbonyl (C=O) groups excluding carboxylic acids is 2. The molecule has 2 aromatic rings. The summed E-state index contributed by atoms with van der Waals surface area (Å²) in [5, 5.41) is 2.81. The van der Waals surface area contributed by atoms with E-state index >= 15 is 0 Å². The lowest BCUT2D eigenvalue weighted by Gasteiger charge is -2.08. The summed E-state index contributed by atoms with van der Waals surface area (Å²) in [6.07, 6.45) is 0.707. The van der Waals surface area contributed by atoms with Crippen LogP contribution in [0.1, 0.15) is 32.7 Å². The minimum absolute atomic E-state index is 0.184. The molecule has 120 valence electrons. The van der Waals surface area contributed by atoms with Crippen LogP contribution >= 0.6 is 0 Å². The molecule has 0 radical (unpaired) electrons. The van der Waals surface area contributed by atoms with Crippen LogP contribution in [0, 0.1) is 6.92 Å². The number of rotatable bonds is 7. The largest absolute Gasteiger partial charge is 0.494 e. The van der Waals surface area contributed by atoms with Gasteiger partial charge >= 0.3 is 0 Å². The summed E-state index contributed by atoms with van der Waals surface area (Å²) in [5.74, 6) is 0.139. The smallest absolute Gasteiger partial charge is 0.251 e. The first-order chi connectivity index (χ1) is 11.1. The molecule has 0 unspecified atom stereocenters. The molecule has 0 saturated carbocycles. The standard InChI is InChI=1S/C18H20N2O3/c1-13-4-2-5-16(12-13)23-11-3-10-20-18(22)15-8-6-14(7-9-15)17(19)21/h2,4-9,12H,3,10-11H2,1H3,(H2,19,21)(H,20,22). The highest BCUT2D eigenvalue weighted by atomic mass is 16.5. The van der Waals surface area contributed by atoms with Crippen molar-refractivity contribution >= 4 is 11.8 Å². The number of benzene rings is 2. The molecule has 0 aromatic heterocycles. The number of hydrogen-bond donors (Lipinski definition) is 2. The van der Waals surface area contributed by atoms with Crippen molar-refractivity contribution < 1.29 is 14.3 Å². The molecule has 2 rings (SSSR count).